The Bertz CT molecular complexity index is 153. The van der Waals surface area contributed by atoms with Crippen molar-refractivity contribution in [1.82, 2.24) is 4.44 Å². The van der Waals surface area contributed by atoms with Gasteiger partial charge in [0.15, 0.2) is 6.78 Å². The predicted octanol–water partition coefficient (Wildman–Crippen LogP) is 3.62. The van der Waals surface area contributed by atoms with Crippen LogP contribution in [0, 0.1) is 0 Å². The van der Waals surface area contributed by atoms with Gasteiger partial charge in [-0.05, 0) is 11.2 Å². The number of hydrogen-bond acceptors (Lipinski definition) is 2. The second kappa shape index (κ2) is 4.47. The highest BCUT2D eigenvalue weighted by molar-refractivity contribution is 8.07. The lowest BCUT2D eigenvalue weighted by atomic mass is 11.6. The van der Waals surface area contributed by atoms with Crippen LogP contribution in [0.25, 0.3) is 0 Å². The Balaban J connectivity index is 4.19. The van der Waals surface area contributed by atoms with Gasteiger partial charge in [-0.3, -0.25) is 4.57 Å². The molecule has 0 aromatic rings. The van der Waals surface area contributed by atoms with Crippen LogP contribution in [0.15, 0.2) is 0 Å². The van der Waals surface area contributed by atoms with Crippen molar-refractivity contribution in [1.29, 1.82) is 0 Å². The summed E-state index contributed by atoms with van der Waals surface area (Å²) in [4.78, 5) is 0. The van der Waals surface area contributed by atoms with Gasteiger partial charge in [-0.1, -0.05) is 22.5 Å². The van der Waals surface area contributed by atoms with Crippen molar-refractivity contribution in [3.05, 3.63) is 0 Å². The van der Waals surface area contributed by atoms with E-state index in [9.17, 15) is 4.57 Å². The second-order valence-electron chi connectivity index (χ2n) is 1.34. The van der Waals surface area contributed by atoms with E-state index in [0.29, 0.717) is 0 Å². The third kappa shape index (κ3) is 3.23. The van der Waals surface area contributed by atoms with Crippen LogP contribution in [0.4, 0.5) is 0 Å². The van der Waals surface area contributed by atoms with Crippen LogP contribution in [-0.4, -0.2) is 18.6 Å². The van der Waals surface area contributed by atoms with E-state index in [1.165, 1.54) is 14.2 Å². The van der Waals surface area contributed by atoms with E-state index in [1.807, 2.05) is 0 Å². The number of halogens is 3. The Kier molecular flexibility index (Phi) is 5.12. The van der Waals surface area contributed by atoms with Gasteiger partial charge in [-0.25, -0.2) is 0 Å². The molecule has 0 saturated heterocycles. The van der Waals surface area contributed by atoms with Gasteiger partial charge >= 0.3 is 6.87 Å². The Morgan fingerprint density at radius 2 is 2.00 bits per heavy atom. The molecule has 0 aliphatic heterocycles. The van der Waals surface area contributed by atoms with Crippen LogP contribution in [0.5, 0.6) is 0 Å². The van der Waals surface area contributed by atoms with Crippen LogP contribution in [0.3, 0.4) is 0 Å². The molecule has 62 valence electrons. The van der Waals surface area contributed by atoms with E-state index in [-0.39, 0.29) is 0 Å². The van der Waals surface area contributed by atoms with Crippen molar-refractivity contribution in [3.63, 3.8) is 0 Å². The smallest absolute Gasteiger partial charge is 0.309 e. The summed E-state index contributed by atoms with van der Waals surface area (Å²) in [7, 11) is 2.67. The standard InChI is InChI=1S/C2H6Cl3NO2P2/c1-6(9(3)4)10(5,7)8-2/h1-2H3. The Morgan fingerprint density at radius 3 is 2.10 bits per heavy atom. The summed E-state index contributed by atoms with van der Waals surface area (Å²) in [6.45, 7) is -4.75. The molecule has 0 bridgehead atoms. The molecule has 0 amide bonds. The minimum absolute atomic E-state index is 1.10. The zero-order valence-corrected chi connectivity index (χ0v) is 9.35. The maximum atomic E-state index is 11.0. The molecular formula is C2H6Cl3NO2P2. The first kappa shape index (κ1) is 11.4. The quantitative estimate of drug-likeness (QED) is 0.710. The molecule has 0 aromatic heterocycles. The van der Waals surface area contributed by atoms with Crippen LogP contribution in [-0.2, 0) is 9.09 Å². The molecule has 0 fully saturated rings. The molecule has 1 unspecified atom stereocenters. The monoisotopic (exact) mass is 243 g/mol. The Labute approximate surface area is 75.3 Å². The van der Waals surface area contributed by atoms with Gasteiger partial charge in [0, 0.05) is 14.2 Å². The summed E-state index contributed by atoms with van der Waals surface area (Å²) in [6, 6.07) is 0. The molecule has 0 aromatic carbocycles. The van der Waals surface area contributed by atoms with E-state index in [0.717, 1.165) is 4.44 Å². The van der Waals surface area contributed by atoms with Gasteiger partial charge in [-0.15, -0.1) is 0 Å². The molecule has 0 N–H and O–H groups in total. The molecule has 8 heteroatoms. The maximum absolute atomic E-state index is 11.0. The minimum atomic E-state index is -3.25. The normalized spacial score (nSPS) is 17.9. The second-order valence-corrected chi connectivity index (χ2v) is 8.27. The molecule has 0 rings (SSSR count). The number of hydrogen-bond donors (Lipinski definition) is 0. The largest absolute Gasteiger partial charge is 0.367 e. The molecule has 3 nitrogen and oxygen atoms in total. The predicted molar refractivity (Wildman–Crippen MR) is 46.9 cm³/mol. The molecule has 0 aliphatic carbocycles. The molecule has 1 atom stereocenters. The van der Waals surface area contributed by atoms with Gasteiger partial charge in [0.2, 0.25) is 0 Å². The van der Waals surface area contributed by atoms with E-state index < -0.39 is 13.6 Å². The lowest BCUT2D eigenvalue weighted by molar-refractivity contribution is 0.383. The average molecular weight is 244 g/mol. The topological polar surface area (TPSA) is 29.5 Å². The van der Waals surface area contributed by atoms with Gasteiger partial charge < -0.3 is 4.52 Å². The number of nitrogens with zero attached hydrogens (tertiary/aromatic N) is 1. The first-order valence-corrected chi connectivity index (χ1v) is 7.71. The molecular weight excluding hydrogens is 238 g/mol. The van der Waals surface area contributed by atoms with E-state index in [2.05, 4.69) is 4.52 Å². The SMILES string of the molecule is COP(=O)(Cl)N(C)P(Cl)Cl. The molecule has 0 saturated carbocycles. The van der Waals surface area contributed by atoms with Crippen LogP contribution in [0.2, 0.25) is 0 Å². The first-order chi connectivity index (χ1) is 4.41. The molecule has 0 heterocycles. The minimum Gasteiger partial charge on any atom is -0.309 e. The third-order valence-electron chi connectivity index (χ3n) is 0.790. The highest BCUT2D eigenvalue weighted by Gasteiger charge is 2.29. The van der Waals surface area contributed by atoms with Gasteiger partial charge in [-0.2, -0.15) is 4.44 Å². The molecule has 0 spiro atoms. The highest BCUT2D eigenvalue weighted by atomic mass is 35.9. The van der Waals surface area contributed by atoms with Crippen molar-refractivity contribution in [2.75, 3.05) is 14.2 Å². The summed E-state index contributed by atoms with van der Waals surface area (Å²) in [5, 5.41) is 0. The summed E-state index contributed by atoms with van der Waals surface area (Å²) < 4.78 is 16.6. The fraction of sp³-hybridized carbons (Fsp3) is 1.00. The fourth-order valence-electron chi connectivity index (χ4n) is 0.199. The van der Waals surface area contributed by atoms with Gasteiger partial charge in [0.1, 0.15) is 0 Å². The van der Waals surface area contributed by atoms with Gasteiger partial charge in [0.05, 0.1) is 0 Å². The molecule has 10 heavy (non-hydrogen) atoms. The van der Waals surface area contributed by atoms with Crippen LogP contribution >= 0.6 is 47.4 Å². The van der Waals surface area contributed by atoms with E-state index in [1.54, 1.807) is 0 Å². The van der Waals surface area contributed by atoms with Crippen molar-refractivity contribution < 1.29 is 9.09 Å². The summed E-state index contributed by atoms with van der Waals surface area (Å²) in [5.41, 5.74) is 0. The lowest BCUT2D eigenvalue weighted by Crippen LogP contribution is -2.01. The zero-order chi connectivity index (χ0) is 8.36. The fourth-order valence-corrected chi connectivity index (χ4v) is 4.13. The van der Waals surface area contributed by atoms with Crippen molar-refractivity contribution >= 4 is 47.4 Å². The van der Waals surface area contributed by atoms with E-state index in [4.69, 9.17) is 33.7 Å². The van der Waals surface area contributed by atoms with Crippen LogP contribution in [0.1, 0.15) is 0 Å². The van der Waals surface area contributed by atoms with E-state index >= 15 is 0 Å². The van der Waals surface area contributed by atoms with Crippen molar-refractivity contribution in [3.8, 4) is 0 Å². The van der Waals surface area contributed by atoms with Crippen molar-refractivity contribution in [2.45, 2.75) is 0 Å². The third-order valence-corrected chi connectivity index (χ3v) is 7.02. The molecule has 0 aliphatic rings. The van der Waals surface area contributed by atoms with Crippen LogP contribution < -0.4 is 0 Å². The average Bonchev–Trinajstić information content (AvgIpc) is 1.86. The van der Waals surface area contributed by atoms with Crippen molar-refractivity contribution in [2.24, 2.45) is 0 Å². The Hall–Kier alpha value is 1.45. The van der Waals surface area contributed by atoms with Gasteiger partial charge in [0.25, 0.3) is 0 Å². The Morgan fingerprint density at radius 1 is 1.60 bits per heavy atom. The number of rotatable bonds is 3. The maximum Gasteiger partial charge on any atom is 0.367 e. The summed E-state index contributed by atoms with van der Waals surface area (Å²) in [6.07, 6.45) is 0. The summed E-state index contributed by atoms with van der Waals surface area (Å²) >= 11 is 16.2. The summed E-state index contributed by atoms with van der Waals surface area (Å²) in [5.74, 6) is 0. The highest BCUT2D eigenvalue weighted by Crippen LogP contribution is 2.68. The zero-order valence-electron chi connectivity index (χ0n) is 5.29. The molecule has 0 radical (unpaired) electrons. The lowest BCUT2D eigenvalue weighted by Gasteiger charge is -2.19. The first-order valence-electron chi connectivity index (χ1n) is 2.13.